The van der Waals surface area contributed by atoms with E-state index in [0.717, 1.165) is 25.7 Å². The van der Waals surface area contributed by atoms with Crippen LogP contribution in [0.15, 0.2) is 94.9 Å². The normalized spacial score (nSPS) is 35.5. The minimum Gasteiger partial charge on any atom is -0.480 e. The fourth-order valence-electron chi connectivity index (χ4n) is 9.22. The van der Waals surface area contributed by atoms with Gasteiger partial charge in [0.1, 0.15) is 22.3 Å². The standard InChI is InChI=1S/C46H52O16/c1-26(2)34-19-17-28(4)25-46(34)61-41(53)33(42(54)62-46)15-11-7-9-13-31-37(49)57-44(58-38(31)50)22-20-43(21-23-44)55-35(47)30(36(48)56-43)12-8-6-10-14-32-39(51)59-45(60-40(32)52)24-27(3)16-18-29(45)5/h6-15,26-29,34,49,51H,16-25H2,1-5H3/b8-6+,11-7+,13-9+,14-10+,30-12?,33-15?. The lowest BCUT2D eigenvalue weighted by molar-refractivity contribution is -0.297. The number of carbonyl (C=O) groups excluding carboxylic acids is 6. The largest absolute Gasteiger partial charge is 0.480 e. The summed E-state index contributed by atoms with van der Waals surface area (Å²) in [6.45, 7) is 9.99. The van der Waals surface area contributed by atoms with Crippen LogP contribution in [0, 0.1) is 29.6 Å². The van der Waals surface area contributed by atoms with Crippen LogP contribution < -0.4 is 0 Å². The zero-order valence-electron chi connectivity index (χ0n) is 35.3. The minimum atomic E-state index is -1.66. The lowest BCUT2D eigenvalue weighted by atomic mass is 9.72. The molecule has 16 nitrogen and oxygen atoms in total. The van der Waals surface area contributed by atoms with Crippen molar-refractivity contribution in [2.75, 3.05) is 0 Å². The van der Waals surface area contributed by atoms with Gasteiger partial charge in [0.2, 0.25) is 0 Å². The Morgan fingerprint density at radius 1 is 0.500 bits per heavy atom. The van der Waals surface area contributed by atoms with Crippen molar-refractivity contribution >= 4 is 35.8 Å². The molecule has 5 fully saturated rings. The number of allylic oxidation sites excluding steroid dienone is 8. The molecule has 0 bridgehead atoms. The molecule has 7 rings (SSSR count). The number of rotatable bonds is 7. The molecule has 4 heterocycles. The predicted octanol–water partition coefficient (Wildman–Crippen LogP) is 6.86. The summed E-state index contributed by atoms with van der Waals surface area (Å²) in [5, 5.41) is 21.3. The third-order valence-electron chi connectivity index (χ3n) is 12.7. The SMILES string of the molecule is CC1CCC(C)C2(C1)OC(=O)C(/C=C/C=C/C=C1C(=O)OC3(CCC4(CC3)OC(=O)C(/C=C/C=C/C=C3C(=O)OC5(CC(C)CCC5C(C)C)OC3=O)=C(O)O4)OC1=O)=C(O)O2. The molecule has 7 aliphatic rings. The Morgan fingerprint density at radius 3 is 1.42 bits per heavy atom. The molecule has 62 heavy (non-hydrogen) atoms. The van der Waals surface area contributed by atoms with Crippen LogP contribution in [-0.4, -0.2) is 69.2 Å². The van der Waals surface area contributed by atoms with Crippen molar-refractivity contribution in [2.24, 2.45) is 29.6 Å². The Balaban J connectivity index is 0.911. The van der Waals surface area contributed by atoms with Crippen LogP contribution in [0.4, 0.5) is 0 Å². The summed E-state index contributed by atoms with van der Waals surface area (Å²) in [5.74, 6) is -11.7. The molecule has 2 saturated heterocycles. The van der Waals surface area contributed by atoms with Crippen molar-refractivity contribution in [3.63, 3.8) is 0 Å². The van der Waals surface area contributed by atoms with Gasteiger partial charge < -0.3 is 48.1 Å². The molecule has 2 N–H and O–H groups in total. The highest BCUT2D eigenvalue weighted by molar-refractivity contribution is 6.16. The number of ether oxygens (including phenoxy) is 8. The number of hydrogen-bond acceptors (Lipinski definition) is 16. The minimum absolute atomic E-state index is 0.0993. The zero-order chi connectivity index (χ0) is 44.6. The maximum absolute atomic E-state index is 13.0. The van der Waals surface area contributed by atoms with Crippen molar-refractivity contribution in [2.45, 2.75) is 122 Å². The van der Waals surface area contributed by atoms with Gasteiger partial charge in [-0.1, -0.05) is 71.1 Å². The Labute approximate surface area is 358 Å². The van der Waals surface area contributed by atoms with Crippen LogP contribution in [0.3, 0.4) is 0 Å². The number of carbonyl (C=O) groups is 6. The molecular weight excluding hydrogens is 808 g/mol. The van der Waals surface area contributed by atoms with Crippen LogP contribution >= 0.6 is 0 Å². The molecule has 16 heteroatoms. The highest BCUT2D eigenvalue weighted by Crippen LogP contribution is 2.48. The van der Waals surface area contributed by atoms with Gasteiger partial charge in [-0.05, 0) is 67.7 Å². The molecule has 5 atom stereocenters. The van der Waals surface area contributed by atoms with E-state index in [9.17, 15) is 39.0 Å². The maximum Gasteiger partial charge on any atom is 0.348 e. The van der Waals surface area contributed by atoms with Gasteiger partial charge in [-0.3, -0.25) is 0 Å². The van der Waals surface area contributed by atoms with Crippen LogP contribution in [0.1, 0.15) is 98.8 Å². The van der Waals surface area contributed by atoms with Gasteiger partial charge in [0.25, 0.3) is 35.0 Å². The number of hydrogen-bond donors (Lipinski definition) is 2. The summed E-state index contributed by atoms with van der Waals surface area (Å²) in [7, 11) is 0. The molecule has 4 aliphatic heterocycles. The topological polar surface area (TPSA) is 217 Å². The quantitative estimate of drug-likeness (QED) is 0.0879. The summed E-state index contributed by atoms with van der Waals surface area (Å²) in [4.78, 5) is 77.7. The first kappa shape index (κ1) is 44.0. The molecule has 5 unspecified atom stereocenters. The predicted molar refractivity (Wildman–Crippen MR) is 214 cm³/mol. The summed E-state index contributed by atoms with van der Waals surface area (Å²) in [6.07, 6.45) is 17.2. The van der Waals surface area contributed by atoms with Crippen molar-refractivity contribution in [3.05, 3.63) is 94.9 Å². The molecule has 0 aromatic heterocycles. The summed E-state index contributed by atoms with van der Waals surface area (Å²) < 4.78 is 45.4. The molecule has 0 aromatic rings. The van der Waals surface area contributed by atoms with E-state index in [1.165, 1.54) is 60.8 Å². The Bertz CT molecular complexity index is 2110. The van der Waals surface area contributed by atoms with Crippen molar-refractivity contribution in [1.29, 1.82) is 0 Å². The van der Waals surface area contributed by atoms with Gasteiger partial charge >= 0.3 is 35.8 Å². The Morgan fingerprint density at radius 2 is 0.919 bits per heavy atom. The van der Waals surface area contributed by atoms with E-state index in [4.69, 9.17) is 37.9 Å². The first-order valence-electron chi connectivity index (χ1n) is 21.1. The number of aliphatic hydroxyl groups is 2. The first-order chi connectivity index (χ1) is 29.4. The molecule has 0 aromatic carbocycles. The van der Waals surface area contributed by atoms with E-state index >= 15 is 0 Å². The first-order valence-corrected chi connectivity index (χ1v) is 21.1. The fraction of sp³-hybridized carbons (Fsp3) is 0.522. The van der Waals surface area contributed by atoms with E-state index in [2.05, 4.69) is 0 Å². The van der Waals surface area contributed by atoms with E-state index in [1.807, 2.05) is 34.6 Å². The molecular formula is C46H52O16. The summed E-state index contributed by atoms with van der Waals surface area (Å²) in [6, 6.07) is 0. The smallest absolute Gasteiger partial charge is 0.348 e. The Kier molecular flexibility index (Phi) is 12.1. The third-order valence-corrected chi connectivity index (χ3v) is 12.7. The highest BCUT2D eigenvalue weighted by Gasteiger charge is 2.57. The second-order valence-corrected chi connectivity index (χ2v) is 17.6. The second kappa shape index (κ2) is 17.0. The average molecular weight is 861 g/mol. The van der Waals surface area contributed by atoms with Crippen LogP contribution in [0.5, 0.6) is 0 Å². The van der Waals surface area contributed by atoms with Crippen LogP contribution in [0.2, 0.25) is 0 Å². The van der Waals surface area contributed by atoms with E-state index in [0.29, 0.717) is 12.8 Å². The monoisotopic (exact) mass is 860 g/mol. The second-order valence-electron chi connectivity index (χ2n) is 17.6. The van der Waals surface area contributed by atoms with Crippen molar-refractivity contribution in [1.82, 2.24) is 0 Å². The van der Waals surface area contributed by atoms with Gasteiger partial charge in [-0.2, -0.15) is 0 Å². The molecule has 3 aliphatic carbocycles. The molecule has 0 amide bonds. The molecule has 332 valence electrons. The zero-order valence-corrected chi connectivity index (χ0v) is 35.3. The number of esters is 6. The average Bonchev–Trinajstić information content (AvgIpc) is 3.18. The van der Waals surface area contributed by atoms with E-state index < -0.39 is 76.4 Å². The number of aliphatic hydroxyl groups excluding tert-OH is 2. The Hall–Kier alpha value is -6.06. The molecule has 4 spiro atoms. The highest BCUT2D eigenvalue weighted by atomic mass is 16.8. The van der Waals surface area contributed by atoms with E-state index in [-0.39, 0.29) is 72.0 Å². The lowest BCUT2D eigenvalue weighted by Gasteiger charge is -2.47. The molecule has 0 radical (unpaired) electrons. The lowest BCUT2D eigenvalue weighted by Crippen LogP contribution is -2.55. The van der Waals surface area contributed by atoms with Crippen molar-refractivity contribution < 1.29 is 76.9 Å². The van der Waals surface area contributed by atoms with Gasteiger partial charge in [-0.15, -0.1) is 0 Å². The van der Waals surface area contributed by atoms with Crippen LogP contribution in [-0.2, 0) is 66.7 Å². The molecule has 3 saturated carbocycles. The van der Waals surface area contributed by atoms with Gasteiger partial charge in [0, 0.05) is 50.4 Å². The van der Waals surface area contributed by atoms with Crippen molar-refractivity contribution in [3.8, 4) is 0 Å². The van der Waals surface area contributed by atoms with Crippen LogP contribution in [0.25, 0.3) is 0 Å². The summed E-state index contributed by atoms with van der Waals surface area (Å²) in [5.41, 5.74) is -1.16. The van der Waals surface area contributed by atoms with Gasteiger partial charge in [0.15, 0.2) is 0 Å². The fourth-order valence-corrected chi connectivity index (χ4v) is 9.22. The summed E-state index contributed by atoms with van der Waals surface area (Å²) >= 11 is 0. The third kappa shape index (κ3) is 8.68. The maximum atomic E-state index is 13.0. The van der Waals surface area contributed by atoms with Gasteiger partial charge in [-0.25, -0.2) is 28.8 Å². The van der Waals surface area contributed by atoms with Gasteiger partial charge in [0.05, 0.1) is 0 Å². The van der Waals surface area contributed by atoms with E-state index in [1.54, 1.807) is 0 Å².